The highest BCUT2D eigenvalue weighted by atomic mass is 16.5. The number of nitrogens with zero attached hydrogens (tertiary/aromatic N) is 2. The Bertz CT molecular complexity index is 563. The molecule has 106 valence electrons. The van der Waals surface area contributed by atoms with Crippen LogP contribution in [0.5, 0.6) is 5.75 Å². The third-order valence-electron chi connectivity index (χ3n) is 2.74. The number of hydrogen-bond acceptors (Lipinski definition) is 5. The predicted octanol–water partition coefficient (Wildman–Crippen LogP) is 1.81. The van der Waals surface area contributed by atoms with Crippen LogP contribution in [0.4, 0.5) is 0 Å². The first kappa shape index (κ1) is 14.0. The van der Waals surface area contributed by atoms with Crippen molar-refractivity contribution in [2.24, 2.45) is 0 Å². The average Bonchev–Trinajstić information content (AvgIpc) is 2.95. The van der Waals surface area contributed by atoms with E-state index >= 15 is 0 Å². The molecule has 1 heterocycles. The molecular formula is C14H17N3O3. The van der Waals surface area contributed by atoms with Crippen molar-refractivity contribution in [3.63, 3.8) is 0 Å². The van der Waals surface area contributed by atoms with E-state index < -0.39 is 0 Å². The highest BCUT2D eigenvalue weighted by molar-refractivity contribution is 5.75. The van der Waals surface area contributed by atoms with E-state index in [0.717, 1.165) is 11.3 Å². The van der Waals surface area contributed by atoms with Crippen LogP contribution in [-0.4, -0.2) is 29.7 Å². The Morgan fingerprint density at radius 3 is 2.75 bits per heavy atom. The molecule has 1 aromatic heterocycles. The fourth-order valence-corrected chi connectivity index (χ4v) is 1.69. The lowest BCUT2D eigenvalue weighted by Crippen LogP contribution is -2.17. The van der Waals surface area contributed by atoms with Gasteiger partial charge in [0.2, 0.25) is 17.6 Å². The summed E-state index contributed by atoms with van der Waals surface area (Å²) in [7, 11) is 1.60. The Kier molecular flexibility index (Phi) is 4.70. The van der Waals surface area contributed by atoms with Gasteiger partial charge in [-0.05, 0) is 31.2 Å². The fraction of sp³-hybridized carbons (Fsp3) is 0.357. The number of aromatic nitrogens is 2. The van der Waals surface area contributed by atoms with Crippen molar-refractivity contribution in [2.75, 3.05) is 13.7 Å². The van der Waals surface area contributed by atoms with Crippen LogP contribution in [0, 0.1) is 0 Å². The molecule has 6 heteroatoms. The fourth-order valence-electron chi connectivity index (χ4n) is 1.69. The van der Waals surface area contributed by atoms with Crippen LogP contribution >= 0.6 is 0 Å². The molecule has 6 nitrogen and oxygen atoms in total. The lowest BCUT2D eigenvalue weighted by Gasteiger charge is -2.02. The van der Waals surface area contributed by atoms with Crippen LogP contribution in [0.15, 0.2) is 28.8 Å². The maximum atomic E-state index is 11.1. The molecule has 0 aliphatic carbocycles. The lowest BCUT2D eigenvalue weighted by molar-refractivity contribution is -0.120. The van der Waals surface area contributed by atoms with Crippen LogP contribution in [0.1, 0.15) is 19.2 Å². The second-order valence-corrected chi connectivity index (χ2v) is 4.14. The predicted molar refractivity (Wildman–Crippen MR) is 73.3 cm³/mol. The van der Waals surface area contributed by atoms with E-state index in [-0.39, 0.29) is 5.91 Å². The van der Waals surface area contributed by atoms with Crippen molar-refractivity contribution in [1.29, 1.82) is 0 Å². The summed E-state index contributed by atoms with van der Waals surface area (Å²) in [6.07, 6.45) is 0.769. The minimum Gasteiger partial charge on any atom is -0.494 e. The molecule has 0 aliphatic heterocycles. The number of hydrogen-bond donors (Lipinski definition) is 1. The van der Waals surface area contributed by atoms with Crippen molar-refractivity contribution in [3.05, 3.63) is 30.2 Å². The van der Waals surface area contributed by atoms with Crippen LogP contribution < -0.4 is 10.1 Å². The Morgan fingerprint density at radius 2 is 2.10 bits per heavy atom. The van der Waals surface area contributed by atoms with Gasteiger partial charge in [-0.1, -0.05) is 5.16 Å². The topological polar surface area (TPSA) is 77.2 Å². The Labute approximate surface area is 117 Å². The van der Waals surface area contributed by atoms with Crippen LogP contribution in [0.25, 0.3) is 11.4 Å². The van der Waals surface area contributed by atoms with E-state index in [9.17, 15) is 4.79 Å². The molecule has 0 bridgehead atoms. The molecule has 0 saturated carbocycles. The van der Waals surface area contributed by atoms with Crippen LogP contribution in [0.3, 0.4) is 0 Å². The molecule has 0 saturated heterocycles. The first-order valence-corrected chi connectivity index (χ1v) is 6.49. The normalized spacial score (nSPS) is 10.3. The summed E-state index contributed by atoms with van der Waals surface area (Å²) in [5, 5.41) is 6.46. The lowest BCUT2D eigenvalue weighted by atomic mass is 10.2. The number of ether oxygens (including phenoxy) is 1. The number of nitrogens with one attached hydrogen (secondary N) is 1. The van der Waals surface area contributed by atoms with Crippen molar-refractivity contribution >= 4 is 5.91 Å². The number of rotatable bonds is 6. The molecule has 1 N–H and O–H groups in total. The van der Waals surface area contributed by atoms with Crippen LogP contribution in [0.2, 0.25) is 0 Å². The number of carbonyl (C=O) groups excluding carboxylic acids is 1. The second kappa shape index (κ2) is 6.70. The minimum absolute atomic E-state index is 0.0502. The first-order valence-electron chi connectivity index (χ1n) is 6.49. The zero-order chi connectivity index (χ0) is 14.4. The monoisotopic (exact) mass is 275 g/mol. The summed E-state index contributed by atoms with van der Waals surface area (Å²) in [5.74, 6) is 1.72. The highest BCUT2D eigenvalue weighted by Gasteiger charge is 2.10. The van der Waals surface area contributed by atoms with Crippen LogP contribution in [-0.2, 0) is 11.2 Å². The molecule has 20 heavy (non-hydrogen) atoms. The number of carbonyl (C=O) groups is 1. The van der Waals surface area contributed by atoms with Gasteiger partial charge in [0.15, 0.2) is 0 Å². The van der Waals surface area contributed by atoms with E-state index in [4.69, 9.17) is 9.26 Å². The van der Waals surface area contributed by atoms with Crippen molar-refractivity contribution in [3.8, 4) is 17.1 Å². The summed E-state index contributed by atoms with van der Waals surface area (Å²) in [6.45, 7) is 2.57. The van der Waals surface area contributed by atoms with E-state index in [2.05, 4.69) is 15.5 Å². The van der Waals surface area contributed by atoms with Gasteiger partial charge in [0.05, 0.1) is 6.61 Å². The van der Waals surface area contributed by atoms with Gasteiger partial charge >= 0.3 is 0 Å². The van der Waals surface area contributed by atoms with Gasteiger partial charge in [0.1, 0.15) is 5.75 Å². The number of aryl methyl sites for hydroxylation is 1. The Hall–Kier alpha value is -2.37. The molecule has 0 fully saturated rings. The standard InChI is InChI=1S/C14H17N3O3/c1-3-19-11-6-4-10(5-7-11)14-16-13(20-17-14)9-8-12(18)15-2/h4-7H,3,8-9H2,1-2H3,(H,15,18). The number of amides is 1. The Morgan fingerprint density at radius 1 is 1.35 bits per heavy atom. The molecule has 0 aliphatic rings. The van der Waals surface area contributed by atoms with Gasteiger partial charge in [-0.25, -0.2) is 0 Å². The van der Waals surface area contributed by atoms with E-state index in [1.165, 1.54) is 0 Å². The molecular weight excluding hydrogens is 258 g/mol. The zero-order valence-corrected chi connectivity index (χ0v) is 11.5. The Balaban J connectivity index is 2.02. The molecule has 2 rings (SSSR count). The van der Waals surface area contributed by atoms with Gasteiger partial charge in [-0.2, -0.15) is 4.98 Å². The van der Waals surface area contributed by atoms with Crippen molar-refractivity contribution in [1.82, 2.24) is 15.5 Å². The molecule has 1 amide bonds. The third kappa shape index (κ3) is 3.57. The quantitative estimate of drug-likeness (QED) is 0.870. The van der Waals surface area contributed by atoms with E-state index in [0.29, 0.717) is 31.2 Å². The summed E-state index contributed by atoms with van der Waals surface area (Å²) in [5.41, 5.74) is 0.850. The molecule has 0 atom stereocenters. The first-order chi connectivity index (χ1) is 9.72. The van der Waals surface area contributed by atoms with Gasteiger partial charge in [-0.15, -0.1) is 0 Å². The third-order valence-corrected chi connectivity index (χ3v) is 2.74. The minimum atomic E-state index is -0.0502. The maximum absolute atomic E-state index is 11.1. The summed E-state index contributed by atoms with van der Waals surface area (Å²) in [4.78, 5) is 15.4. The van der Waals surface area contributed by atoms with Crippen molar-refractivity contribution in [2.45, 2.75) is 19.8 Å². The summed E-state index contributed by atoms with van der Waals surface area (Å²) >= 11 is 0. The maximum Gasteiger partial charge on any atom is 0.227 e. The summed E-state index contributed by atoms with van der Waals surface area (Å²) < 4.78 is 10.5. The molecule has 0 unspecified atom stereocenters. The highest BCUT2D eigenvalue weighted by Crippen LogP contribution is 2.20. The van der Waals surface area contributed by atoms with E-state index in [1.54, 1.807) is 7.05 Å². The van der Waals surface area contributed by atoms with Gasteiger partial charge in [-0.3, -0.25) is 4.79 Å². The van der Waals surface area contributed by atoms with Gasteiger partial charge < -0.3 is 14.6 Å². The van der Waals surface area contributed by atoms with Gasteiger partial charge in [0, 0.05) is 25.5 Å². The molecule has 1 aromatic carbocycles. The SMILES string of the molecule is CCOc1ccc(-c2noc(CCC(=O)NC)n2)cc1. The second-order valence-electron chi connectivity index (χ2n) is 4.14. The zero-order valence-electron chi connectivity index (χ0n) is 11.5. The largest absolute Gasteiger partial charge is 0.494 e. The number of benzene rings is 1. The summed E-state index contributed by atoms with van der Waals surface area (Å²) in [6, 6.07) is 7.47. The molecule has 0 spiro atoms. The smallest absolute Gasteiger partial charge is 0.227 e. The van der Waals surface area contributed by atoms with E-state index in [1.807, 2.05) is 31.2 Å². The van der Waals surface area contributed by atoms with Gasteiger partial charge in [0.25, 0.3) is 0 Å². The van der Waals surface area contributed by atoms with Crippen molar-refractivity contribution < 1.29 is 14.1 Å². The molecule has 0 radical (unpaired) electrons. The average molecular weight is 275 g/mol. The molecule has 2 aromatic rings.